The summed E-state index contributed by atoms with van der Waals surface area (Å²) in [5.74, 6) is 0.198. The van der Waals surface area contributed by atoms with Gasteiger partial charge >= 0.3 is 0 Å². The van der Waals surface area contributed by atoms with Gasteiger partial charge in [0.15, 0.2) is 0 Å². The smallest absolute Gasteiger partial charge is 0.223 e. The van der Waals surface area contributed by atoms with Crippen LogP contribution in [0.15, 0.2) is 0 Å². The number of rotatable bonds is 3. The number of carbonyl (C=O) groups is 1. The van der Waals surface area contributed by atoms with Crippen molar-refractivity contribution in [3.05, 3.63) is 0 Å². The average molecular weight is 214 g/mol. The Morgan fingerprint density at radius 3 is 2.80 bits per heavy atom. The predicted molar refractivity (Wildman–Crippen MR) is 59.5 cm³/mol. The van der Waals surface area contributed by atoms with Gasteiger partial charge in [-0.15, -0.1) is 0 Å². The van der Waals surface area contributed by atoms with Crippen LogP contribution in [0.5, 0.6) is 0 Å². The molecule has 0 spiro atoms. The molecule has 0 aromatic carbocycles. The monoisotopic (exact) mass is 214 g/mol. The van der Waals surface area contributed by atoms with Crippen LogP contribution in [0, 0.1) is 0 Å². The fraction of sp³-hybridized carbons (Fsp3) is 0.909. The van der Waals surface area contributed by atoms with Crippen LogP contribution in [0.2, 0.25) is 0 Å². The number of hydrogen-bond acceptors (Lipinski definition) is 3. The van der Waals surface area contributed by atoms with Crippen molar-refractivity contribution in [2.24, 2.45) is 5.73 Å². The molecule has 4 nitrogen and oxygen atoms in total. The highest BCUT2D eigenvalue weighted by Crippen LogP contribution is 2.13. The second kappa shape index (κ2) is 4.94. The van der Waals surface area contributed by atoms with E-state index in [-0.39, 0.29) is 17.5 Å². The largest absolute Gasteiger partial charge is 0.377 e. The number of ether oxygens (including phenoxy) is 1. The third-order valence-electron chi connectivity index (χ3n) is 2.67. The van der Waals surface area contributed by atoms with E-state index in [1.807, 2.05) is 25.7 Å². The van der Waals surface area contributed by atoms with Crippen LogP contribution in [0.4, 0.5) is 0 Å². The van der Waals surface area contributed by atoms with Crippen molar-refractivity contribution in [1.82, 2.24) is 4.90 Å². The summed E-state index contributed by atoms with van der Waals surface area (Å²) in [4.78, 5) is 13.8. The van der Waals surface area contributed by atoms with Gasteiger partial charge in [0, 0.05) is 18.5 Å². The van der Waals surface area contributed by atoms with E-state index in [1.165, 1.54) is 0 Å². The minimum Gasteiger partial charge on any atom is -0.377 e. The van der Waals surface area contributed by atoms with Gasteiger partial charge in [-0.25, -0.2) is 0 Å². The summed E-state index contributed by atoms with van der Waals surface area (Å²) in [5, 5.41) is 0. The lowest BCUT2D eigenvalue weighted by molar-refractivity contribution is -0.139. The lowest BCUT2D eigenvalue weighted by Crippen LogP contribution is -2.47. The summed E-state index contributed by atoms with van der Waals surface area (Å²) in [6.07, 6.45) is 1.27. The molecule has 4 heteroatoms. The second-order valence-corrected chi connectivity index (χ2v) is 5.00. The van der Waals surface area contributed by atoms with Crippen LogP contribution < -0.4 is 5.73 Å². The third kappa shape index (κ3) is 4.18. The Morgan fingerprint density at radius 1 is 1.60 bits per heavy atom. The summed E-state index contributed by atoms with van der Waals surface area (Å²) >= 11 is 0. The van der Waals surface area contributed by atoms with Gasteiger partial charge in [-0.2, -0.15) is 0 Å². The predicted octanol–water partition coefficient (Wildman–Crippen LogP) is 0.751. The van der Waals surface area contributed by atoms with Crippen LogP contribution in [-0.2, 0) is 9.53 Å². The standard InChI is InChI=1S/C11H22N2O2/c1-9-8-15-7-6-13(9)10(14)4-5-11(2,3)12/h9H,4-8,12H2,1-3H3. The first kappa shape index (κ1) is 12.5. The Kier molecular flexibility index (Phi) is 4.11. The van der Waals surface area contributed by atoms with Crippen molar-refractivity contribution in [1.29, 1.82) is 0 Å². The van der Waals surface area contributed by atoms with E-state index in [4.69, 9.17) is 10.5 Å². The van der Waals surface area contributed by atoms with Gasteiger partial charge in [0.25, 0.3) is 0 Å². The zero-order valence-electron chi connectivity index (χ0n) is 9.95. The van der Waals surface area contributed by atoms with Gasteiger partial charge in [0.2, 0.25) is 5.91 Å². The first-order valence-corrected chi connectivity index (χ1v) is 5.56. The molecule has 1 heterocycles. The van der Waals surface area contributed by atoms with Crippen molar-refractivity contribution in [3.63, 3.8) is 0 Å². The molecule has 88 valence electrons. The number of hydrogen-bond donors (Lipinski definition) is 1. The number of amides is 1. The molecule has 0 radical (unpaired) electrons. The van der Waals surface area contributed by atoms with Gasteiger partial charge < -0.3 is 15.4 Å². The van der Waals surface area contributed by atoms with Gasteiger partial charge in [0.05, 0.1) is 19.3 Å². The molecule has 0 aromatic rings. The molecule has 1 atom stereocenters. The van der Waals surface area contributed by atoms with Crippen LogP contribution in [0.3, 0.4) is 0 Å². The highest BCUT2D eigenvalue weighted by atomic mass is 16.5. The van der Waals surface area contributed by atoms with Crippen LogP contribution in [0.25, 0.3) is 0 Å². The molecule has 1 saturated heterocycles. The first-order chi connectivity index (χ1) is 6.90. The molecule has 1 aliphatic heterocycles. The Bertz CT molecular complexity index is 223. The lowest BCUT2D eigenvalue weighted by atomic mass is 9.99. The summed E-state index contributed by atoms with van der Waals surface area (Å²) < 4.78 is 5.29. The van der Waals surface area contributed by atoms with Crippen LogP contribution >= 0.6 is 0 Å². The van der Waals surface area contributed by atoms with Crippen LogP contribution in [0.1, 0.15) is 33.6 Å². The van der Waals surface area contributed by atoms with Crippen molar-refractivity contribution < 1.29 is 9.53 Å². The maximum absolute atomic E-state index is 11.9. The van der Waals surface area contributed by atoms with Crippen LogP contribution in [-0.4, -0.2) is 42.1 Å². The fourth-order valence-electron chi connectivity index (χ4n) is 1.67. The normalized spacial score (nSPS) is 22.9. The van der Waals surface area contributed by atoms with Crippen molar-refractivity contribution in [2.45, 2.75) is 45.2 Å². The topological polar surface area (TPSA) is 55.6 Å². The molecular formula is C11H22N2O2. The summed E-state index contributed by atoms with van der Waals surface area (Å²) in [7, 11) is 0. The average Bonchev–Trinajstić information content (AvgIpc) is 2.14. The molecule has 0 saturated carbocycles. The van der Waals surface area contributed by atoms with Crippen molar-refractivity contribution >= 4 is 5.91 Å². The quantitative estimate of drug-likeness (QED) is 0.754. The summed E-state index contributed by atoms with van der Waals surface area (Å²) in [5.41, 5.74) is 5.59. The SMILES string of the molecule is CC1COCCN1C(=O)CCC(C)(C)N. The molecular weight excluding hydrogens is 192 g/mol. The van der Waals surface area contributed by atoms with Crippen molar-refractivity contribution in [2.75, 3.05) is 19.8 Å². The zero-order chi connectivity index (χ0) is 11.5. The molecule has 0 bridgehead atoms. The minimum absolute atomic E-state index is 0.198. The lowest BCUT2D eigenvalue weighted by Gasteiger charge is -2.34. The van der Waals surface area contributed by atoms with E-state index in [9.17, 15) is 4.79 Å². The van der Waals surface area contributed by atoms with Crippen molar-refractivity contribution in [3.8, 4) is 0 Å². The number of carbonyl (C=O) groups excluding carboxylic acids is 1. The molecule has 0 aliphatic carbocycles. The third-order valence-corrected chi connectivity index (χ3v) is 2.67. The van der Waals surface area contributed by atoms with E-state index in [0.29, 0.717) is 26.2 Å². The Labute approximate surface area is 91.8 Å². The molecule has 15 heavy (non-hydrogen) atoms. The molecule has 1 amide bonds. The minimum atomic E-state index is -0.259. The first-order valence-electron chi connectivity index (χ1n) is 5.56. The molecule has 1 unspecified atom stereocenters. The maximum atomic E-state index is 11.9. The Balaban J connectivity index is 2.39. The van der Waals surface area contributed by atoms with Gasteiger partial charge in [-0.05, 0) is 27.2 Å². The zero-order valence-corrected chi connectivity index (χ0v) is 9.95. The molecule has 1 fully saturated rings. The molecule has 0 aromatic heterocycles. The number of nitrogens with two attached hydrogens (primary N) is 1. The highest BCUT2D eigenvalue weighted by molar-refractivity contribution is 5.76. The van der Waals surface area contributed by atoms with E-state index in [1.54, 1.807) is 0 Å². The van der Waals surface area contributed by atoms with E-state index >= 15 is 0 Å². The molecule has 2 N–H and O–H groups in total. The summed E-state index contributed by atoms with van der Waals surface area (Å²) in [6.45, 7) is 7.93. The Hall–Kier alpha value is -0.610. The second-order valence-electron chi connectivity index (χ2n) is 5.00. The number of nitrogens with zero attached hydrogens (tertiary/aromatic N) is 1. The van der Waals surface area contributed by atoms with Gasteiger partial charge in [-0.3, -0.25) is 4.79 Å². The fourth-order valence-corrected chi connectivity index (χ4v) is 1.67. The van der Waals surface area contributed by atoms with E-state index in [2.05, 4.69) is 0 Å². The van der Waals surface area contributed by atoms with Gasteiger partial charge in [0.1, 0.15) is 0 Å². The van der Waals surface area contributed by atoms with E-state index < -0.39 is 0 Å². The summed E-state index contributed by atoms with van der Waals surface area (Å²) in [6, 6.07) is 0.201. The Morgan fingerprint density at radius 2 is 2.27 bits per heavy atom. The van der Waals surface area contributed by atoms with E-state index in [0.717, 1.165) is 6.42 Å². The molecule has 1 aliphatic rings. The number of morpholine rings is 1. The highest BCUT2D eigenvalue weighted by Gasteiger charge is 2.24. The molecule has 1 rings (SSSR count). The maximum Gasteiger partial charge on any atom is 0.223 e. The van der Waals surface area contributed by atoms with Gasteiger partial charge in [-0.1, -0.05) is 0 Å².